The van der Waals surface area contributed by atoms with Crippen LogP contribution in [0.15, 0.2) is 6.20 Å². The van der Waals surface area contributed by atoms with Crippen LogP contribution in [0.1, 0.15) is 30.3 Å². The van der Waals surface area contributed by atoms with Crippen LogP contribution in [0.4, 0.5) is 0 Å². The molecule has 0 aliphatic heterocycles. The summed E-state index contributed by atoms with van der Waals surface area (Å²) in [4.78, 5) is 11.8. The molecule has 0 saturated carbocycles. The highest BCUT2D eigenvalue weighted by atomic mass is 35.5. The second-order valence-electron chi connectivity index (χ2n) is 3.23. The molecule has 0 aromatic carbocycles. The highest BCUT2D eigenvalue weighted by Crippen LogP contribution is 2.17. The summed E-state index contributed by atoms with van der Waals surface area (Å²) in [5.74, 6) is -0.0206. The number of halogens is 1. The Kier molecular flexibility index (Phi) is 4.78. The molecule has 4 nitrogen and oxygen atoms in total. The number of carbonyl (C=O) groups excluding carboxylic acids is 1. The molecule has 0 N–H and O–H groups in total. The first-order chi connectivity index (χ1) is 7.20. The molecule has 0 aliphatic rings. The number of aryl methyl sites for hydroxylation is 1. The number of ether oxygens (including phenoxy) is 1. The van der Waals surface area contributed by atoms with Gasteiger partial charge in [0.15, 0.2) is 5.78 Å². The Hall–Kier alpha value is -0.870. The molecule has 0 radical (unpaired) electrons. The van der Waals surface area contributed by atoms with E-state index in [-0.39, 0.29) is 5.78 Å². The van der Waals surface area contributed by atoms with E-state index >= 15 is 0 Å². The van der Waals surface area contributed by atoms with Crippen LogP contribution in [0.25, 0.3) is 0 Å². The van der Waals surface area contributed by atoms with Gasteiger partial charge in [0.2, 0.25) is 0 Å². The summed E-state index contributed by atoms with van der Waals surface area (Å²) >= 11 is 5.91. The molecule has 0 bridgehead atoms. The molecule has 0 fully saturated rings. The Balaban J connectivity index is 2.80. The fraction of sp³-hybridized carbons (Fsp3) is 0.600. The van der Waals surface area contributed by atoms with Gasteiger partial charge >= 0.3 is 0 Å². The first-order valence-electron chi connectivity index (χ1n) is 4.94. The molecule has 15 heavy (non-hydrogen) atoms. The van der Waals surface area contributed by atoms with Crippen molar-refractivity contribution in [3.63, 3.8) is 0 Å². The van der Waals surface area contributed by atoms with Gasteiger partial charge in [-0.2, -0.15) is 5.10 Å². The lowest BCUT2D eigenvalue weighted by Gasteiger charge is -2.05. The lowest BCUT2D eigenvalue weighted by molar-refractivity contribution is 0.0921. The molecule has 0 spiro atoms. The van der Waals surface area contributed by atoms with Crippen molar-refractivity contribution >= 4 is 17.4 Å². The fourth-order valence-corrected chi connectivity index (χ4v) is 1.58. The van der Waals surface area contributed by atoms with Crippen molar-refractivity contribution < 1.29 is 9.53 Å². The first kappa shape index (κ1) is 12.2. The van der Waals surface area contributed by atoms with E-state index in [0.29, 0.717) is 30.3 Å². The number of methoxy groups -OCH3 is 1. The monoisotopic (exact) mass is 230 g/mol. The van der Waals surface area contributed by atoms with Crippen molar-refractivity contribution in [3.05, 3.63) is 16.9 Å². The lowest BCUT2D eigenvalue weighted by atomic mass is 10.2. The molecule has 5 heteroatoms. The van der Waals surface area contributed by atoms with Gasteiger partial charge in [0.1, 0.15) is 5.69 Å². The number of Topliss-reactive ketones (excluding diaryl/α,β-unsaturated/α-hetero) is 1. The van der Waals surface area contributed by atoms with Crippen molar-refractivity contribution in [2.45, 2.75) is 26.3 Å². The summed E-state index contributed by atoms with van der Waals surface area (Å²) in [7, 11) is 1.57. The summed E-state index contributed by atoms with van der Waals surface area (Å²) < 4.78 is 6.51. The van der Waals surface area contributed by atoms with E-state index in [1.165, 1.54) is 6.20 Å². The third-order valence-electron chi connectivity index (χ3n) is 2.03. The summed E-state index contributed by atoms with van der Waals surface area (Å²) in [5, 5.41) is 4.48. The van der Waals surface area contributed by atoms with Gasteiger partial charge in [0, 0.05) is 20.1 Å². The first-order valence-corrected chi connectivity index (χ1v) is 5.32. The highest BCUT2D eigenvalue weighted by molar-refractivity contribution is 6.33. The average molecular weight is 231 g/mol. The minimum atomic E-state index is -0.0206. The van der Waals surface area contributed by atoms with Crippen LogP contribution in [0.5, 0.6) is 0 Å². The molecule has 0 unspecified atom stereocenters. The van der Waals surface area contributed by atoms with Crippen LogP contribution in [-0.4, -0.2) is 29.3 Å². The third kappa shape index (κ3) is 3.04. The highest BCUT2D eigenvalue weighted by Gasteiger charge is 2.16. The fourth-order valence-electron chi connectivity index (χ4n) is 1.33. The predicted molar refractivity (Wildman–Crippen MR) is 58.4 cm³/mol. The summed E-state index contributed by atoms with van der Waals surface area (Å²) in [6.45, 7) is 3.15. The Labute approximate surface area is 94.2 Å². The van der Waals surface area contributed by atoms with E-state index in [9.17, 15) is 4.79 Å². The maximum atomic E-state index is 11.8. The van der Waals surface area contributed by atoms with Crippen molar-refractivity contribution in [1.82, 2.24) is 9.78 Å². The molecule has 84 valence electrons. The van der Waals surface area contributed by atoms with Crippen molar-refractivity contribution in [2.24, 2.45) is 0 Å². The van der Waals surface area contributed by atoms with Crippen LogP contribution in [0.2, 0.25) is 5.02 Å². The second kappa shape index (κ2) is 5.88. The van der Waals surface area contributed by atoms with Crippen LogP contribution in [-0.2, 0) is 11.3 Å². The van der Waals surface area contributed by atoms with Crippen molar-refractivity contribution in [1.29, 1.82) is 0 Å². The quantitative estimate of drug-likeness (QED) is 0.704. The summed E-state index contributed by atoms with van der Waals surface area (Å²) in [6, 6.07) is 0. The van der Waals surface area contributed by atoms with Crippen LogP contribution < -0.4 is 0 Å². The van der Waals surface area contributed by atoms with Crippen molar-refractivity contribution in [2.75, 3.05) is 13.7 Å². The molecule has 1 aromatic heterocycles. The normalized spacial score (nSPS) is 10.6. The average Bonchev–Trinajstić information content (AvgIpc) is 2.57. The maximum Gasteiger partial charge on any atom is 0.184 e. The zero-order chi connectivity index (χ0) is 11.3. The number of rotatable bonds is 6. The molecule has 0 atom stereocenters. The molecular weight excluding hydrogens is 216 g/mol. The largest absolute Gasteiger partial charge is 0.384 e. The van der Waals surface area contributed by atoms with E-state index in [0.717, 1.165) is 6.42 Å². The third-order valence-corrected chi connectivity index (χ3v) is 2.30. The minimum Gasteiger partial charge on any atom is -0.384 e. The van der Waals surface area contributed by atoms with Gasteiger partial charge in [0.25, 0.3) is 0 Å². The van der Waals surface area contributed by atoms with Gasteiger partial charge in [0.05, 0.1) is 17.8 Å². The Bertz CT molecular complexity index is 336. The number of carbonyl (C=O) groups is 1. The van der Waals surface area contributed by atoms with Gasteiger partial charge in [-0.15, -0.1) is 0 Å². The van der Waals surface area contributed by atoms with E-state index in [1.54, 1.807) is 11.8 Å². The van der Waals surface area contributed by atoms with Gasteiger partial charge in [-0.05, 0) is 6.42 Å². The summed E-state index contributed by atoms with van der Waals surface area (Å²) in [6.07, 6.45) is 2.77. The summed E-state index contributed by atoms with van der Waals surface area (Å²) in [5.41, 5.74) is 0.496. The van der Waals surface area contributed by atoms with Gasteiger partial charge in [-0.25, -0.2) is 0 Å². The molecule has 1 aromatic rings. The number of hydrogen-bond donors (Lipinski definition) is 0. The minimum absolute atomic E-state index is 0.0206. The standard InChI is InChI=1S/C10H15ClN2O2/c1-3-5-13-10(8(11)7-12-13)9(14)4-6-15-2/h7H,3-6H2,1-2H3. The molecular formula is C10H15ClN2O2. The van der Waals surface area contributed by atoms with E-state index in [4.69, 9.17) is 16.3 Å². The number of aromatic nitrogens is 2. The Morgan fingerprint density at radius 3 is 3.00 bits per heavy atom. The number of hydrogen-bond acceptors (Lipinski definition) is 3. The predicted octanol–water partition coefficient (Wildman–Crippen LogP) is 2.17. The molecule has 0 aliphatic carbocycles. The van der Waals surface area contributed by atoms with Crippen LogP contribution in [0, 0.1) is 0 Å². The Morgan fingerprint density at radius 1 is 1.67 bits per heavy atom. The van der Waals surface area contributed by atoms with Gasteiger partial charge in [-0.1, -0.05) is 18.5 Å². The topological polar surface area (TPSA) is 44.1 Å². The van der Waals surface area contributed by atoms with Crippen LogP contribution >= 0.6 is 11.6 Å². The van der Waals surface area contributed by atoms with Crippen molar-refractivity contribution in [3.8, 4) is 0 Å². The van der Waals surface area contributed by atoms with E-state index in [1.807, 2.05) is 6.92 Å². The molecule has 1 rings (SSSR count). The SMILES string of the molecule is CCCn1ncc(Cl)c1C(=O)CCOC. The van der Waals surface area contributed by atoms with Gasteiger partial charge in [-0.3, -0.25) is 9.48 Å². The zero-order valence-electron chi connectivity index (χ0n) is 8.99. The lowest BCUT2D eigenvalue weighted by Crippen LogP contribution is -2.12. The molecule has 1 heterocycles. The van der Waals surface area contributed by atoms with Gasteiger partial charge < -0.3 is 4.74 Å². The second-order valence-corrected chi connectivity index (χ2v) is 3.64. The molecule has 0 amide bonds. The number of ketones is 1. The van der Waals surface area contributed by atoms with E-state index < -0.39 is 0 Å². The maximum absolute atomic E-state index is 11.8. The smallest absolute Gasteiger partial charge is 0.184 e. The molecule has 0 saturated heterocycles. The van der Waals surface area contributed by atoms with Crippen LogP contribution in [0.3, 0.4) is 0 Å². The Morgan fingerprint density at radius 2 is 2.40 bits per heavy atom. The zero-order valence-corrected chi connectivity index (χ0v) is 9.75. The number of nitrogens with zero attached hydrogens (tertiary/aromatic N) is 2. The van der Waals surface area contributed by atoms with E-state index in [2.05, 4.69) is 5.10 Å².